The minimum absolute atomic E-state index is 0.214. The number of ether oxygens (including phenoxy) is 1. The molecule has 0 aliphatic carbocycles. The van der Waals surface area contributed by atoms with E-state index in [2.05, 4.69) is 4.98 Å². The molecule has 0 aliphatic heterocycles. The van der Waals surface area contributed by atoms with E-state index in [0.29, 0.717) is 11.6 Å². The Kier molecular flexibility index (Phi) is 3.06. The summed E-state index contributed by atoms with van der Waals surface area (Å²) in [5, 5.41) is 8.70. The van der Waals surface area contributed by atoms with E-state index in [-0.39, 0.29) is 5.75 Å². The summed E-state index contributed by atoms with van der Waals surface area (Å²) in [7, 11) is 0. The molecule has 0 bridgehead atoms. The molecule has 2 rings (SSSR count). The fourth-order valence-electron chi connectivity index (χ4n) is 1.28. The van der Waals surface area contributed by atoms with Crippen molar-refractivity contribution >= 4 is 5.82 Å². The number of nitrogens with zero attached hydrogens (tertiary/aromatic N) is 2. The molecule has 0 aliphatic rings. The summed E-state index contributed by atoms with van der Waals surface area (Å²) < 4.78 is 31.3. The van der Waals surface area contributed by atoms with Crippen LogP contribution in [0.5, 0.6) is 11.6 Å². The van der Waals surface area contributed by atoms with E-state index in [0.717, 1.165) is 0 Å². The number of anilines is 1. The van der Waals surface area contributed by atoms with Gasteiger partial charge in [-0.25, -0.2) is 8.78 Å². The molecule has 90 valence electrons. The molecular weight excluding hydrogens is 240 g/mol. The lowest BCUT2D eigenvalue weighted by Gasteiger charge is -2.06. The topological polar surface area (TPSA) is 71.9 Å². The van der Waals surface area contributed by atoms with E-state index >= 15 is 0 Å². The third kappa shape index (κ3) is 2.35. The summed E-state index contributed by atoms with van der Waals surface area (Å²) in [4.78, 5) is 3.45. The fraction of sp³-hybridized carbons (Fsp3) is 0. The third-order valence-corrected chi connectivity index (χ3v) is 2.10. The van der Waals surface area contributed by atoms with Crippen molar-refractivity contribution in [2.75, 3.05) is 5.73 Å². The highest BCUT2D eigenvalue weighted by atomic mass is 19.1. The largest absolute Gasteiger partial charge is 0.436 e. The van der Waals surface area contributed by atoms with Gasteiger partial charge in [0, 0.05) is 6.07 Å². The Labute approximate surface area is 101 Å². The molecule has 0 spiro atoms. The summed E-state index contributed by atoms with van der Waals surface area (Å²) in [6.45, 7) is 0. The Morgan fingerprint density at radius 2 is 2.00 bits per heavy atom. The summed E-state index contributed by atoms with van der Waals surface area (Å²) >= 11 is 0. The van der Waals surface area contributed by atoms with Gasteiger partial charge in [0.25, 0.3) is 5.88 Å². The quantitative estimate of drug-likeness (QED) is 0.885. The number of nitrogens with two attached hydrogens (primary N) is 1. The lowest BCUT2D eigenvalue weighted by atomic mass is 10.2. The predicted molar refractivity (Wildman–Crippen MR) is 59.8 cm³/mol. The van der Waals surface area contributed by atoms with Crippen LogP contribution in [0.15, 0.2) is 30.3 Å². The van der Waals surface area contributed by atoms with Crippen LogP contribution < -0.4 is 10.5 Å². The molecule has 1 aromatic heterocycles. The Hall–Kier alpha value is -2.68. The van der Waals surface area contributed by atoms with Crippen LogP contribution in [0, 0.1) is 23.0 Å². The van der Waals surface area contributed by atoms with Gasteiger partial charge in [0.05, 0.1) is 11.6 Å². The molecule has 0 fully saturated rings. The summed E-state index contributed by atoms with van der Waals surface area (Å²) in [5.41, 5.74) is 5.56. The van der Waals surface area contributed by atoms with Gasteiger partial charge in [-0.3, -0.25) is 0 Å². The van der Waals surface area contributed by atoms with Crippen molar-refractivity contribution in [3.8, 4) is 17.7 Å². The molecule has 0 atom stereocenters. The van der Waals surface area contributed by atoms with Crippen LogP contribution in [0.2, 0.25) is 0 Å². The fourth-order valence-corrected chi connectivity index (χ4v) is 1.28. The van der Waals surface area contributed by atoms with Crippen molar-refractivity contribution in [3.05, 3.63) is 47.5 Å². The second-order valence-corrected chi connectivity index (χ2v) is 3.38. The highest BCUT2D eigenvalue weighted by Gasteiger charge is 2.11. The molecule has 1 aromatic carbocycles. The molecule has 0 unspecified atom stereocenters. The molecule has 0 amide bonds. The number of benzene rings is 1. The van der Waals surface area contributed by atoms with Crippen LogP contribution in [0.1, 0.15) is 5.56 Å². The van der Waals surface area contributed by atoms with Gasteiger partial charge < -0.3 is 10.5 Å². The van der Waals surface area contributed by atoms with Gasteiger partial charge in [0.2, 0.25) is 0 Å². The minimum Gasteiger partial charge on any atom is -0.436 e. The maximum absolute atomic E-state index is 13.4. The summed E-state index contributed by atoms with van der Waals surface area (Å²) in [6, 6.07) is 8.55. The summed E-state index contributed by atoms with van der Waals surface area (Å²) in [6.07, 6.45) is 0. The van der Waals surface area contributed by atoms with Crippen LogP contribution in [0.4, 0.5) is 14.6 Å². The Morgan fingerprint density at radius 1 is 1.22 bits per heavy atom. The average molecular weight is 247 g/mol. The van der Waals surface area contributed by atoms with E-state index < -0.39 is 23.3 Å². The van der Waals surface area contributed by atoms with Crippen molar-refractivity contribution in [1.82, 2.24) is 4.98 Å². The second-order valence-electron chi connectivity index (χ2n) is 3.38. The van der Waals surface area contributed by atoms with Gasteiger partial charge in [-0.05, 0) is 18.2 Å². The monoisotopic (exact) mass is 247 g/mol. The van der Waals surface area contributed by atoms with Gasteiger partial charge in [0.15, 0.2) is 17.5 Å². The smallest absolute Gasteiger partial charge is 0.258 e. The first-order valence-corrected chi connectivity index (χ1v) is 4.89. The lowest BCUT2D eigenvalue weighted by molar-refractivity contribution is 0.418. The minimum atomic E-state index is -0.968. The van der Waals surface area contributed by atoms with Gasteiger partial charge in [-0.1, -0.05) is 6.07 Å². The molecule has 1 heterocycles. The highest BCUT2D eigenvalue weighted by molar-refractivity contribution is 5.40. The number of pyridine rings is 1. The van der Waals surface area contributed by atoms with E-state index in [4.69, 9.17) is 15.7 Å². The lowest BCUT2D eigenvalue weighted by Crippen LogP contribution is -2.00. The molecule has 0 radical (unpaired) electrons. The van der Waals surface area contributed by atoms with Crippen LogP contribution in [-0.2, 0) is 0 Å². The van der Waals surface area contributed by atoms with Gasteiger partial charge in [-0.2, -0.15) is 10.2 Å². The van der Waals surface area contributed by atoms with Gasteiger partial charge in [-0.15, -0.1) is 0 Å². The predicted octanol–water partition coefficient (Wildman–Crippen LogP) is 2.61. The normalized spacial score (nSPS) is 9.83. The van der Waals surface area contributed by atoms with Crippen LogP contribution in [-0.4, -0.2) is 4.98 Å². The molecule has 2 aromatic rings. The molecule has 18 heavy (non-hydrogen) atoms. The van der Waals surface area contributed by atoms with Crippen molar-refractivity contribution in [3.63, 3.8) is 0 Å². The van der Waals surface area contributed by atoms with Crippen LogP contribution in [0.3, 0.4) is 0 Å². The Morgan fingerprint density at radius 3 is 2.72 bits per heavy atom. The highest BCUT2D eigenvalue weighted by Crippen LogP contribution is 2.25. The second kappa shape index (κ2) is 4.67. The maximum Gasteiger partial charge on any atom is 0.258 e. The van der Waals surface area contributed by atoms with Crippen molar-refractivity contribution in [2.45, 2.75) is 0 Å². The number of nitrogen functional groups attached to an aromatic ring is 1. The van der Waals surface area contributed by atoms with Crippen LogP contribution in [0.25, 0.3) is 0 Å². The van der Waals surface area contributed by atoms with Crippen molar-refractivity contribution in [1.29, 1.82) is 5.26 Å². The third-order valence-electron chi connectivity index (χ3n) is 2.10. The standard InChI is InChI=1S/C12H7F2N3O/c13-9-5-10(14)12(17-11(9)16)18-8-3-1-2-7(4-8)6-15/h1-5H,(H2,16,17). The Bertz CT molecular complexity index is 638. The molecule has 4 nitrogen and oxygen atoms in total. The molecular formula is C12H7F2N3O. The molecule has 2 N–H and O–H groups in total. The van der Waals surface area contributed by atoms with Gasteiger partial charge in [0.1, 0.15) is 5.75 Å². The number of aromatic nitrogens is 1. The number of hydrogen-bond acceptors (Lipinski definition) is 4. The maximum atomic E-state index is 13.4. The number of rotatable bonds is 2. The average Bonchev–Trinajstić information content (AvgIpc) is 2.36. The zero-order valence-corrected chi connectivity index (χ0v) is 9.02. The van der Waals surface area contributed by atoms with Crippen molar-refractivity contribution in [2.24, 2.45) is 0 Å². The molecule has 0 saturated carbocycles. The van der Waals surface area contributed by atoms with Crippen LogP contribution >= 0.6 is 0 Å². The molecule has 0 saturated heterocycles. The first kappa shape index (κ1) is 11.8. The zero-order valence-electron chi connectivity index (χ0n) is 9.02. The summed E-state index contributed by atoms with van der Waals surface area (Å²) in [5.74, 6) is -2.60. The molecule has 6 heteroatoms. The zero-order chi connectivity index (χ0) is 13.1. The number of nitriles is 1. The van der Waals surface area contributed by atoms with E-state index in [9.17, 15) is 8.78 Å². The SMILES string of the molecule is N#Cc1cccc(Oc2nc(N)c(F)cc2F)c1. The number of hydrogen-bond donors (Lipinski definition) is 1. The van der Waals surface area contributed by atoms with E-state index in [1.54, 1.807) is 12.1 Å². The Balaban J connectivity index is 2.34. The first-order chi connectivity index (χ1) is 8.60. The van der Waals surface area contributed by atoms with E-state index in [1.165, 1.54) is 12.1 Å². The van der Waals surface area contributed by atoms with Gasteiger partial charge >= 0.3 is 0 Å². The first-order valence-electron chi connectivity index (χ1n) is 4.89. The van der Waals surface area contributed by atoms with E-state index in [1.807, 2.05) is 6.07 Å². The number of halogens is 2. The van der Waals surface area contributed by atoms with Crippen molar-refractivity contribution < 1.29 is 13.5 Å².